The van der Waals surface area contributed by atoms with Crippen molar-refractivity contribution in [2.24, 2.45) is 0 Å². The molecule has 0 atom stereocenters. The van der Waals surface area contributed by atoms with Gasteiger partial charge in [-0.2, -0.15) is 0 Å². The molecular weight excluding hydrogens is 280 g/mol. The van der Waals surface area contributed by atoms with Crippen molar-refractivity contribution in [3.05, 3.63) is 53.6 Å². The molecule has 0 saturated carbocycles. The van der Waals surface area contributed by atoms with Gasteiger partial charge in [0.2, 0.25) is 0 Å². The highest BCUT2D eigenvalue weighted by Gasteiger charge is 2.07. The SMILES string of the molecule is COc1ccc(CNC(=O)Nc2ccccc2C)cc1OC. The van der Waals surface area contributed by atoms with Gasteiger partial charge in [-0.1, -0.05) is 24.3 Å². The van der Waals surface area contributed by atoms with Gasteiger partial charge in [-0.15, -0.1) is 0 Å². The number of hydrogen-bond acceptors (Lipinski definition) is 3. The number of aryl methyl sites for hydroxylation is 1. The van der Waals surface area contributed by atoms with Crippen molar-refractivity contribution in [1.82, 2.24) is 5.32 Å². The van der Waals surface area contributed by atoms with Crippen molar-refractivity contribution in [1.29, 1.82) is 0 Å². The number of para-hydroxylation sites is 1. The molecule has 2 aromatic carbocycles. The second kappa shape index (κ2) is 7.36. The van der Waals surface area contributed by atoms with Crippen LogP contribution in [0.1, 0.15) is 11.1 Å². The molecule has 2 N–H and O–H groups in total. The summed E-state index contributed by atoms with van der Waals surface area (Å²) >= 11 is 0. The van der Waals surface area contributed by atoms with E-state index in [1.165, 1.54) is 0 Å². The van der Waals surface area contributed by atoms with Crippen molar-refractivity contribution >= 4 is 11.7 Å². The van der Waals surface area contributed by atoms with Crippen LogP contribution in [0.25, 0.3) is 0 Å². The molecule has 0 aliphatic heterocycles. The number of urea groups is 1. The van der Waals surface area contributed by atoms with Crippen LogP contribution in [-0.4, -0.2) is 20.3 Å². The summed E-state index contributed by atoms with van der Waals surface area (Å²) in [7, 11) is 3.17. The Balaban J connectivity index is 1.95. The highest BCUT2D eigenvalue weighted by Crippen LogP contribution is 2.27. The van der Waals surface area contributed by atoms with E-state index in [0.717, 1.165) is 16.8 Å². The van der Waals surface area contributed by atoms with Gasteiger partial charge in [0.1, 0.15) is 0 Å². The Morgan fingerprint density at radius 1 is 1.05 bits per heavy atom. The van der Waals surface area contributed by atoms with Crippen LogP contribution in [0.15, 0.2) is 42.5 Å². The Morgan fingerprint density at radius 3 is 2.45 bits per heavy atom. The first-order valence-electron chi connectivity index (χ1n) is 6.95. The number of methoxy groups -OCH3 is 2. The lowest BCUT2D eigenvalue weighted by Crippen LogP contribution is -2.28. The zero-order valence-corrected chi connectivity index (χ0v) is 13.0. The summed E-state index contributed by atoms with van der Waals surface area (Å²) in [6, 6.07) is 12.9. The molecule has 0 heterocycles. The fourth-order valence-corrected chi connectivity index (χ4v) is 2.05. The molecule has 0 aliphatic rings. The van der Waals surface area contributed by atoms with Crippen LogP contribution in [-0.2, 0) is 6.54 Å². The summed E-state index contributed by atoms with van der Waals surface area (Å²) in [5.41, 5.74) is 2.74. The molecule has 2 aromatic rings. The molecule has 0 spiro atoms. The molecule has 5 nitrogen and oxygen atoms in total. The van der Waals surface area contributed by atoms with Crippen LogP contribution in [0.3, 0.4) is 0 Å². The molecule has 0 fully saturated rings. The number of hydrogen-bond donors (Lipinski definition) is 2. The van der Waals surface area contributed by atoms with Gasteiger partial charge in [0.15, 0.2) is 11.5 Å². The lowest BCUT2D eigenvalue weighted by atomic mass is 10.2. The number of rotatable bonds is 5. The Labute approximate surface area is 130 Å². The third kappa shape index (κ3) is 3.91. The van der Waals surface area contributed by atoms with Gasteiger partial charge < -0.3 is 20.1 Å². The fraction of sp³-hybridized carbons (Fsp3) is 0.235. The van der Waals surface area contributed by atoms with Crippen LogP contribution >= 0.6 is 0 Å². The Morgan fingerprint density at radius 2 is 1.77 bits per heavy atom. The largest absolute Gasteiger partial charge is 0.493 e. The van der Waals surface area contributed by atoms with Gasteiger partial charge in [0.05, 0.1) is 14.2 Å². The average Bonchev–Trinajstić information content (AvgIpc) is 2.54. The van der Waals surface area contributed by atoms with Crippen molar-refractivity contribution in [3.8, 4) is 11.5 Å². The molecule has 0 radical (unpaired) electrons. The van der Waals surface area contributed by atoms with E-state index < -0.39 is 0 Å². The first-order chi connectivity index (χ1) is 10.6. The second-order valence-electron chi connectivity index (χ2n) is 4.81. The molecule has 0 aromatic heterocycles. The van der Waals surface area contributed by atoms with E-state index in [0.29, 0.717) is 18.0 Å². The minimum Gasteiger partial charge on any atom is -0.493 e. The highest BCUT2D eigenvalue weighted by molar-refractivity contribution is 5.89. The summed E-state index contributed by atoms with van der Waals surface area (Å²) in [4.78, 5) is 11.9. The molecular formula is C17H20N2O3. The van der Waals surface area contributed by atoms with Crippen molar-refractivity contribution in [3.63, 3.8) is 0 Å². The average molecular weight is 300 g/mol. The maximum atomic E-state index is 11.9. The molecule has 22 heavy (non-hydrogen) atoms. The second-order valence-corrected chi connectivity index (χ2v) is 4.81. The molecule has 0 bridgehead atoms. The lowest BCUT2D eigenvalue weighted by molar-refractivity contribution is 0.251. The predicted octanol–water partition coefficient (Wildman–Crippen LogP) is 3.33. The Kier molecular flexibility index (Phi) is 5.25. The summed E-state index contributed by atoms with van der Waals surface area (Å²) in [5.74, 6) is 1.30. The topological polar surface area (TPSA) is 59.6 Å². The maximum absolute atomic E-state index is 11.9. The summed E-state index contributed by atoms with van der Waals surface area (Å²) in [6.07, 6.45) is 0. The maximum Gasteiger partial charge on any atom is 0.319 e. The number of carbonyl (C=O) groups is 1. The number of benzene rings is 2. The molecule has 0 unspecified atom stereocenters. The number of carbonyl (C=O) groups excluding carboxylic acids is 1. The third-order valence-electron chi connectivity index (χ3n) is 3.29. The normalized spacial score (nSPS) is 9.95. The Bertz CT molecular complexity index is 656. The minimum atomic E-state index is -0.246. The molecule has 0 aliphatic carbocycles. The first kappa shape index (κ1) is 15.7. The summed E-state index contributed by atoms with van der Waals surface area (Å²) in [5, 5.41) is 5.64. The zero-order valence-electron chi connectivity index (χ0n) is 13.0. The van der Waals surface area contributed by atoms with Gasteiger partial charge in [-0.3, -0.25) is 0 Å². The predicted molar refractivity (Wildman–Crippen MR) is 86.6 cm³/mol. The quantitative estimate of drug-likeness (QED) is 0.890. The van der Waals surface area contributed by atoms with E-state index >= 15 is 0 Å². The van der Waals surface area contributed by atoms with Crippen molar-refractivity contribution in [2.75, 3.05) is 19.5 Å². The smallest absolute Gasteiger partial charge is 0.319 e. The van der Waals surface area contributed by atoms with Crippen molar-refractivity contribution < 1.29 is 14.3 Å². The molecule has 2 rings (SSSR count). The van der Waals surface area contributed by atoms with Gasteiger partial charge in [0.25, 0.3) is 0 Å². The van der Waals surface area contributed by atoms with Crippen LogP contribution in [0.2, 0.25) is 0 Å². The number of nitrogens with one attached hydrogen (secondary N) is 2. The number of ether oxygens (including phenoxy) is 2. The van der Waals surface area contributed by atoms with Gasteiger partial charge in [-0.25, -0.2) is 4.79 Å². The van der Waals surface area contributed by atoms with E-state index in [1.54, 1.807) is 14.2 Å². The fourth-order valence-electron chi connectivity index (χ4n) is 2.05. The van der Waals surface area contributed by atoms with E-state index in [2.05, 4.69) is 10.6 Å². The minimum absolute atomic E-state index is 0.246. The van der Waals surface area contributed by atoms with Crippen molar-refractivity contribution in [2.45, 2.75) is 13.5 Å². The van der Waals surface area contributed by atoms with Crippen LogP contribution in [0.4, 0.5) is 10.5 Å². The van der Waals surface area contributed by atoms with E-state index in [-0.39, 0.29) is 6.03 Å². The molecule has 116 valence electrons. The van der Waals surface area contributed by atoms with E-state index in [9.17, 15) is 4.79 Å². The summed E-state index contributed by atoms with van der Waals surface area (Å²) < 4.78 is 10.4. The first-order valence-corrected chi connectivity index (χ1v) is 6.95. The van der Waals surface area contributed by atoms with E-state index in [4.69, 9.17) is 9.47 Å². The zero-order chi connectivity index (χ0) is 15.9. The third-order valence-corrected chi connectivity index (χ3v) is 3.29. The monoisotopic (exact) mass is 300 g/mol. The Hall–Kier alpha value is -2.69. The van der Waals surface area contributed by atoms with Crippen LogP contribution < -0.4 is 20.1 Å². The summed E-state index contributed by atoms with van der Waals surface area (Å²) in [6.45, 7) is 2.35. The van der Waals surface area contributed by atoms with Crippen LogP contribution in [0.5, 0.6) is 11.5 Å². The number of amides is 2. The number of anilines is 1. The molecule has 5 heteroatoms. The lowest BCUT2D eigenvalue weighted by Gasteiger charge is -2.12. The van der Waals surface area contributed by atoms with E-state index in [1.807, 2.05) is 49.4 Å². The highest BCUT2D eigenvalue weighted by atomic mass is 16.5. The standard InChI is InChI=1S/C17H20N2O3/c1-12-6-4-5-7-14(12)19-17(20)18-11-13-8-9-15(21-2)16(10-13)22-3/h4-10H,11H2,1-3H3,(H2,18,19,20). The van der Waals surface area contributed by atoms with Gasteiger partial charge >= 0.3 is 6.03 Å². The van der Waals surface area contributed by atoms with Gasteiger partial charge in [-0.05, 0) is 36.2 Å². The molecule has 2 amide bonds. The molecule has 0 saturated heterocycles. The van der Waals surface area contributed by atoms with Crippen LogP contribution in [0, 0.1) is 6.92 Å². The van der Waals surface area contributed by atoms with Gasteiger partial charge in [0, 0.05) is 12.2 Å².